The second kappa shape index (κ2) is 6.44. The van der Waals surface area contributed by atoms with Gasteiger partial charge in [-0.05, 0) is 42.9 Å². The molecule has 0 bridgehead atoms. The number of thioether (sulfide) groups is 1. The SMILES string of the molecule is CCC1CN(C(=O)c2ccc(SC)cc2)CCC1N. The van der Waals surface area contributed by atoms with E-state index in [-0.39, 0.29) is 11.9 Å². The predicted octanol–water partition coefficient (Wildman–Crippen LogP) is 2.61. The largest absolute Gasteiger partial charge is 0.338 e. The van der Waals surface area contributed by atoms with Crippen LogP contribution in [0.1, 0.15) is 30.1 Å². The summed E-state index contributed by atoms with van der Waals surface area (Å²) in [6.07, 6.45) is 3.98. The van der Waals surface area contributed by atoms with Crippen LogP contribution in [-0.2, 0) is 0 Å². The molecule has 2 unspecified atom stereocenters. The van der Waals surface area contributed by atoms with Gasteiger partial charge in [-0.25, -0.2) is 0 Å². The maximum absolute atomic E-state index is 12.4. The number of piperidine rings is 1. The number of hydrogen-bond donors (Lipinski definition) is 1. The Hall–Kier alpha value is -1.00. The van der Waals surface area contributed by atoms with E-state index in [0.29, 0.717) is 5.92 Å². The van der Waals surface area contributed by atoms with Crippen LogP contribution in [0.25, 0.3) is 0 Å². The molecule has 1 aliphatic heterocycles. The molecule has 104 valence electrons. The standard InChI is InChI=1S/C15H22N2OS/c1-3-11-10-17(9-8-14(11)16)15(18)12-4-6-13(19-2)7-5-12/h4-7,11,14H,3,8-10,16H2,1-2H3. The van der Waals surface area contributed by atoms with Gasteiger partial charge >= 0.3 is 0 Å². The van der Waals surface area contributed by atoms with E-state index in [1.165, 1.54) is 4.90 Å². The topological polar surface area (TPSA) is 46.3 Å². The van der Waals surface area contributed by atoms with Crippen LogP contribution >= 0.6 is 11.8 Å². The van der Waals surface area contributed by atoms with Gasteiger partial charge in [0.1, 0.15) is 0 Å². The first-order chi connectivity index (χ1) is 9.15. The molecule has 0 aromatic heterocycles. The monoisotopic (exact) mass is 278 g/mol. The van der Waals surface area contributed by atoms with Crippen LogP contribution in [0.2, 0.25) is 0 Å². The number of amides is 1. The number of carbonyl (C=O) groups is 1. The third-order valence-electron chi connectivity index (χ3n) is 3.94. The van der Waals surface area contributed by atoms with Crippen LogP contribution in [-0.4, -0.2) is 36.2 Å². The van der Waals surface area contributed by atoms with E-state index in [2.05, 4.69) is 6.92 Å². The lowest BCUT2D eigenvalue weighted by atomic mass is 9.90. The Morgan fingerprint density at radius 3 is 2.68 bits per heavy atom. The lowest BCUT2D eigenvalue weighted by Gasteiger charge is -2.36. The summed E-state index contributed by atoms with van der Waals surface area (Å²) in [5.41, 5.74) is 6.87. The average Bonchev–Trinajstić information content (AvgIpc) is 2.47. The van der Waals surface area contributed by atoms with Gasteiger partial charge in [0.2, 0.25) is 0 Å². The molecule has 0 aliphatic carbocycles. The minimum Gasteiger partial charge on any atom is -0.338 e. The summed E-state index contributed by atoms with van der Waals surface area (Å²) in [7, 11) is 0. The van der Waals surface area contributed by atoms with Crippen molar-refractivity contribution in [3.8, 4) is 0 Å². The molecule has 1 amide bonds. The van der Waals surface area contributed by atoms with Crippen molar-refractivity contribution >= 4 is 17.7 Å². The highest BCUT2D eigenvalue weighted by Gasteiger charge is 2.28. The van der Waals surface area contributed by atoms with E-state index in [1.54, 1.807) is 11.8 Å². The number of hydrogen-bond acceptors (Lipinski definition) is 3. The Bertz CT molecular complexity index is 432. The molecular weight excluding hydrogens is 256 g/mol. The number of likely N-dealkylation sites (tertiary alicyclic amines) is 1. The van der Waals surface area contributed by atoms with Crippen LogP contribution in [0.5, 0.6) is 0 Å². The van der Waals surface area contributed by atoms with E-state index in [4.69, 9.17) is 5.73 Å². The molecule has 1 heterocycles. The average molecular weight is 278 g/mol. The molecule has 2 atom stereocenters. The van der Waals surface area contributed by atoms with Crippen molar-refractivity contribution in [1.29, 1.82) is 0 Å². The Morgan fingerprint density at radius 2 is 2.11 bits per heavy atom. The highest BCUT2D eigenvalue weighted by molar-refractivity contribution is 7.98. The molecule has 1 aliphatic rings. The van der Waals surface area contributed by atoms with E-state index in [0.717, 1.165) is 31.5 Å². The fraction of sp³-hybridized carbons (Fsp3) is 0.533. The molecule has 0 spiro atoms. The van der Waals surface area contributed by atoms with Crippen molar-refractivity contribution in [2.24, 2.45) is 11.7 Å². The molecule has 3 nitrogen and oxygen atoms in total. The molecule has 1 fully saturated rings. The molecule has 0 saturated carbocycles. The molecule has 1 aromatic rings. The van der Waals surface area contributed by atoms with Gasteiger partial charge in [-0.3, -0.25) is 4.79 Å². The number of nitrogens with zero attached hydrogens (tertiary/aromatic N) is 1. The van der Waals surface area contributed by atoms with E-state index in [1.807, 2.05) is 35.4 Å². The van der Waals surface area contributed by atoms with Gasteiger partial charge in [0.05, 0.1) is 0 Å². The van der Waals surface area contributed by atoms with Gasteiger partial charge in [0.25, 0.3) is 5.91 Å². The third kappa shape index (κ3) is 3.31. The highest BCUT2D eigenvalue weighted by Crippen LogP contribution is 2.21. The lowest BCUT2D eigenvalue weighted by molar-refractivity contribution is 0.0649. The number of rotatable bonds is 3. The predicted molar refractivity (Wildman–Crippen MR) is 80.5 cm³/mol. The van der Waals surface area contributed by atoms with E-state index >= 15 is 0 Å². The quantitative estimate of drug-likeness (QED) is 0.865. The van der Waals surface area contributed by atoms with Gasteiger partial charge < -0.3 is 10.6 Å². The molecule has 0 radical (unpaired) electrons. The van der Waals surface area contributed by atoms with Crippen LogP contribution in [0.15, 0.2) is 29.2 Å². The summed E-state index contributed by atoms with van der Waals surface area (Å²) in [5, 5.41) is 0. The summed E-state index contributed by atoms with van der Waals surface area (Å²) in [6, 6.07) is 8.09. The Morgan fingerprint density at radius 1 is 1.42 bits per heavy atom. The van der Waals surface area contributed by atoms with Crippen LogP contribution in [0.3, 0.4) is 0 Å². The maximum Gasteiger partial charge on any atom is 0.253 e. The number of nitrogens with two attached hydrogens (primary N) is 1. The van der Waals surface area contributed by atoms with Crippen LogP contribution in [0, 0.1) is 5.92 Å². The second-order valence-electron chi connectivity index (χ2n) is 5.10. The Labute approximate surface area is 119 Å². The van der Waals surface area contributed by atoms with Crippen LogP contribution < -0.4 is 5.73 Å². The molecule has 2 rings (SSSR count). The number of benzene rings is 1. The molecular formula is C15H22N2OS. The molecule has 1 saturated heterocycles. The van der Waals surface area contributed by atoms with Crippen LogP contribution in [0.4, 0.5) is 0 Å². The smallest absolute Gasteiger partial charge is 0.253 e. The first-order valence-corrected chi connectivity index (χ1v) is 8.07. The third-order valence-corrected chi connectivity index (χ3v) is 4.68. The zero-order valence-corrected chi connectivity index (χ0v) is 12.5. The fourth-order valence-electron chi connectivity index (χ4n) is 2.58. The van der Waals surface area contributed by atoms with Gasteiger partial charge in [-0.2, -0.15) is 0 Å². The van der Waals surface area contributed by atoms with Crippen molar-refractivity contribution < 1.29 is 4.79 Å². The molecule has 19 heavy (non-hydrogen) atoms. The Kier molecular flexibility index (Phi) is 4.88. The fourth-order valence-corrected chi connectivity index (χ4v) is 2.99. The van der Waals surface area contributed by atoms with Gasteiger partial charge in [-0.1, -0.05) is 13.3 Å². The maximum atomic E-state index is 12.4. The zero-order chi connectivity index (χ0) is 13.8. The number of carbonyl (C=O) groups excluding carboxylic acids is 1. The second-order valence-corrected chi connectivity index (χ2v) is 5.98. The summed E-state index contributed by atoms with van der Waals surface area (Å²) in [4.78, 5) is 15.6. The van der Waals surface area contributed by atoms with Crippen molar-refractivity contribution in [2.75, 3.05) is 19.3 Å². The molecule has 4 heteroatoms. The van der Waals surface area contributed by atoms with Crippen molar-refractivity contribution in [1.82, 2.24) is 4.90 Å². The summed E-state index contributed by atoms with van der Waals surface area (Å²) in [5.74, 6) is 0.571. The summed E-state index contributed by atoms with van der Waals surface area (Å²) in [6.45, 7) is 3.72. The molecule has 2 N–H and O–H groups in total. The van der Waals surface area contributed by atoms with Crippen molar-refractivity contribution in [2.45, 2.75) is 30.7 Å². The Balaban J connectivity index is 2.06. The highest BCUT2D eigenvalue weighted by atomic mass is 32.2. The van der Waals surface area contributed by atoms with Gasteiger partial charge in [0, 0.05) is 29.6 Å². The molecule has 1 aromatic carbocycles. The van der Waals surface area contributed by atoms with Crippen molar-refractivity contribution in [3.05, 3.63) is 29.8 Å². The summed E-state index contributed by atoms with van der Waals surface area (Å²) < 4.78 is 0. The van der Waals surface area contributed by atoms with E-state index < -0.39 is 0 Å². The summed E-state index contributed by atoms with van der Waals surface area (Å²) >= 11 is 1.69. The zero-order valence-electron chi connectivity index (χ0n) is 11.6. The van der Waals surface area contributed by atoms with E-state index in [9.17, 15) is 4.79 Å². The first-order valence-electron chi connectivity index (χ1n) is 6.84. The van der Waals surface area contributed by atoms with Gasteiger partial charge in [-0.15, -0.1) is 11.8 Å². The lowest BCUT2D eigenvalue weighted by Crippen LogP contribution is -2.49. The minimum absolute atomic E-state index is 0.137. The van der Waals surface area contributed by atoms with Gasteiger partial charge in [0.15, 0.2) is 0 Å². The van der Waals surface area contributed by atoms with Crippen molar-refractivity contribution in [3.63, 3.8) is 0 Å². The minimum atomic E-state index is 0.137. The first kappa shape index (κ1) is 14.4. The normalized spacial score (nSPS) is 23.4.